The van der Waals surface area contributed by atoms with Crippen molar-refractivity contribution in [2.24, 2.45) is 5.73 Å². The van der Waals surface area contributed by atoms with E-state index in [1.165, 1.54) is 0 Å². The summed E-state index contributed by atoms with van der Waals surface area (Å²) in [6, 6.07) is 9.89. The second-order valence-corrected chi connectivity index (χ2v) is 4.72. The Kier molecular flexibility index (Phi) is 8.44. The van der Waals surface area contributed by atoms with Crippen LogP contribution in [-0.2, 0) is 11.3 Å². The molecule has 3 nitrogen and oxygen atoms in total. The molecule has 1 aromatic carbocycles. The number of hydrogen-bond donors (Lipinski definition) is 1. The number of nitrogens with two attached hydrogens (primary N) is 1. The van der Waals surface area contributed by atoms with Crippen LogP contribution in [0.25, 0.3) is 0 Å². The van der Waals surface area contributed by atoms with E-state index in [-0.39, 0.29) is 30.4 Å². The smallest absolute Gasteiger partial charge is 0.240 e. The van der Waals surface area contributed by atoms with Crippen molar-refractivity contribution in [2.75, 3.05) is 0 Å². The van der Waals surface area contributed by atoms with E-state index in [1.807, 2.05) is 42.2 Å². The largest absolute Gasteiger partial charge is 0.334 e. The zero-order valence-electron chi connectivity index (χ0n) is 12.0. The van der Waals surface area contributed by atoms with E-state index in [2.05, 4.69) is 13.8 Å². The van der Waals surface area contributed by atoms with Crippen LogP contribution in [0.4, 0.5) is 0 Å². The van der Waals surface area contributed by atoms with Gasteiger partial charge in [-0.1, -0.05) is 44.2 Å². The van der Waals surface area contributed by atoms with Gasteiger partial charge in [0, 0.05) is 12.6 Å². The van der Waals surface area contributed by atoms with Crippen molar-refractivity contribution in [3.8, 4) is 0 Å². The van der Waals surface area contributed by atoms with Crippen LogP contribution in [-0.4, -0.2) is 22.9 Å². The van der Waals surface area contributed by atoms with Gasteiger partial charge in [0.1, 0.15) is 0 Å². The summed E-state index contributed by atoms with van der Waals surface area (Å²) in [5.74, 6) is 0.0516. The van der Waals surface area contributed by atoms with Gasteiger partial charge in [0.2, 0.25) is 5.91 Å². The predicted molar refractivity (Wildman–Crippen MR) is 82.3 cm³/mol. The second kappa shape index (κ2) is 8.94. The Morgan fingerprint density at radius 3 is 2.26 bits per heavy atom. The van der Waals surface area contributed by atoms with Crippen molar-refractivity contribution in [1.29, 1.82) is 0 Å². The van der Waals surface area contributed by atoms with E-state index in [0.717, 1.165) is 12.0 Å². The molecule has 0 aromatic heterocycles. The number of carbonyl (C=O) groups excluding carboxylic acids is 1. The molecule has 2 atom stereocenters. The number of amides is 1. The summed E-state index contributed by atoms with van der Waals surface area (Å²) in [7, 11) is 0. The van der Waals surface area contributed by atoms with Crippen molar-refractivity contribution in [3.63, 3.8) is 0 Å². The number of halogens is 1. The maximum atomic E-state index is 12.3. The summed E-state index contributed by atoms with van der Waals surface area (Å²) in [6.07, 6.45) is 1.62. The SMILES string of the molecule is CCC(C)N(Cc1ccccc1)C(=O)[C@@H](N)CC.Cl. The molecule has 1 unspecified atom stereocenters. The van der Waals surface area contributed by atoms with Crippen molar-refractivity contribution in [1.82, 2.24) is 4.90 Å². The van der Waals surface area contributed by atoms with E-state index in [1.54, 1.807) is 0 Å². The number of nitrogens with zero attached hydrogens (tertiary/aromatic N) is 1. The number of rotatable bonds is 6. The molecule has 0 aliphatic heterocycles. The van der Waals surface area contributed by atoms with Gasteiger partial charge in [-0.2, -0.15) is 0 Å². The monoisotopic (exact) mass is 284 g/mol. The van der Waals surface area contributed by atoms with E-state index in [9.17, 15) is 4.79 Å². The maximum Gasteiger partial charge on any atom is 0.240 e. The topological polar surface area (TPSA) is 46.3 Å². The van der Waals surface area contributed by atoms with Gasteiger partial charge in [0.05, 0.1) is 6.04 Å². The van der Waals surface area contributed by atoms with Crippen LogP contribution in [0.5, 0.6) is 0 Å². The van der Waals surface area contributed by atoms with Gasteiger partial charge in [-0.15, -0.1) is 12.4 Å². The zero-order valence-corrected chi connectivity index (χ0v) is 12.8. The van der Waals surface area contributed by atoms with Crippen molar-refractivity contribution < 1.29 is 4.79 Å². The molecule has 0 saturated carbocycles. The van der Waals surface area contributed by atoms with E-state index >= 15 is 0 Å². The minimum absolute atomic E-state index is 0. The lowest BCUT2D eigenvalue weighted by Crippen LogP contribution is -2.46. The summed E-state index contributed by atoms with van der Waals surface area (Å²) < 4.78 is 0. The molecule has 0 heterocycles. The average molecular weight is 285 g/mol. The molecular formula is C15H25ClN2O. The predicted octanol–water partition coefficient (Wildman–Crippen LogP) is 2.97. The van der Waals surface area contributed by atoms with Crippen LogP contribution < -0.4 is 5.73 Å². The summed E-state index contributed by atoms with van der Waals surface area (Å²) in [6.45, 7) is 6.75. The van der Waals surface area contributed by atoms with Crippen LogP contribution in [0, 0.1) is 0 Å². The van der Waals surface area contributed by atoms with E-state index in [4.69, 9.17) is 5.73 Å². The summed E-state index contributed by atoms with van der Waals surface area (Å²) >= 11 is 0. The van der Waals surface area contributed by atoms with Gasteiger partial charge < -0.3 is 10.6 Å². The van der Waals surface area contributed by atoms with Gasteiger partial charge in [0.15, 0.2) is 0 Å². The van der Waals surface area contributed by atoms with Gasteiger partial charge in [-0.3, -0.25) is 4.79 Å². The molecule has 0 spiro atoms. The molecule has 1 aromatic rings. The molecule has 0 saturated heterocycles. The molecule has 0 bridgehead atoms. The van der Waals surface area contributed by atoms with Crippen LogP contribution in [0.1, 0.15) is 39.2 Å². The first-order valence-corrected chi connectivity index (χ1v) is 6.70. The first-order valence-electron chi connectivity index (χ1n) is 6.70. The first kappa shape index (κ1) is 17.9. The molecule has 2 N–H and O–H groups in total. The summed E-state index contributed by atoms with van der Waals surface area (Å²) in [5.41, 5.74) is 7.02. The molecule has 4 heteroatoms. The zero-order chi connectivity index (χ0) is 13.5. The van der Waals surface area contributed by atoms with Crippen molar-refractivity contribution >= 4 is 18.3 Å². The van der Waals surface area contributed by atoms with Crippen molar-refractivity contribution in [2.45, 2.75) is 52.2 Å². The third-order valence-corrected chi connectivity index (χ3v) is 3.36. The quantitative estimate of drug-likeness (QED) is 0.873. The molecule has 0 aliphatic rings. The minimum Gasteiger partial charge on any atom is -0.334 e. The molecule has 0 aliphatic carbocycles. The maximum absolute atomic E-state index is 12.3. The molecule has 1 rings (SSSR count). The molecule has 108 valence electrons. The van der Waals surface area contributed by atoms with Crippen LogP contribution >= 0.6 is 12.4 Å². The number of benzene rings is 1. The Balaban J connectivity index is 0.00000324. The highest BCUT2D eigenvalue weighted by Gasteiger charge is 2.23. The molecule has 19 heavy (non-hydrogen) atoms. The Labute approximate surface area is 122 Å². The standard InChI is InChI=1S/C15H24N2O.ClH/c1-4-12(3)17(15(18)14(16)5-2)11-13-9-7-6-8-10-13;/h6-10,12,14H,4-5,11,16H2,1-3H3;1H/t12?,14-;/m0./s1. The van der Waals surface area contributed by atoms with E-state index in [0.29, 0.717) is 13.0 Å². The van der Waals surface area contributed by atoms with Gasteiger partial charge in [-0.25, -0.2) is 0 Å². The van der Waals surface area contributed by atoms with E-state index < -0.39 is 0 Å². The fourth-order valence-corrected chi connectivity index (χ4v) is 1.84. The minimum atomic E-state index is -0.386. The fourth-order valence-electron chi connectivity index (χ4n) is 1.84. The molecule has 1 amide bonds. The Hall–Kier alpha value is -1.06. The molecular weight excluding hydrogens is 260 g/mol. The van der Waals surface area contributed by atoms with Gasteiger partial charge in [0.25, 0.3) is 0 Å². The summed E-state index contributed by atoms with van der Waals surface area (Å²) in [4.78, 5) is 14.2. The first-order chi connectivity index (χ1) is 8.60. The highest BCUT2D eigenvalue weighted by Crippen LogP contribution is 2.12. The molecule has 0 radical (unpaired) electrons. The number of hydrogen-bond acceptors (Lipinski definition) is 2. The highest BCUT2D eigenvalue weighted by molar-refractivity contribution is 5.85. The highest BCUT2D eigenvalue weighted by atomic mass is 35.5. The second-order valence-electron chi connectivity index (χ2n) is 4.72. The Morgan fingerprint density at radius 1 is 1.21 bits per heavy atom. The van der Waals surface area contributed by atoms with Crippen LogP contribution in [0.15, 0.2) is 30.3 Å². The van der Waals surface area contributed by atoms with Crippen LogP contribution in [0.2, 0.25) is 0 Å². The number of carbonyl (C=O) groups is 1. The van der Waals surface area contributed by atoms with Crippen molar-refractivity contribution in [3.05, 3.63) is 35.9 Å². The van der Waals surface area contributed by atoms with Gasteiger partial charge >= 0.3 is 0 Å². The lowest BCUT2D eigenvalue weighted by molar-refractivity contribution is -0.135. The van der Waals surface area contributed by atoms with Crippen LogP contribution in [0.3, 0.4) is 0 Å². The van der Waals surface area contributed by atoms with Gasteiger partial charge in [-0.05, 0) is 25.3 Å². The summed E-state index contributed by atoms with van der Waals surface area (Å²) in [5, 5.41) is 0. The third kappa shape index (κ3) is 5.21. The normalized spacial score (nSPS) is 13.3. The Bertz CT molecular complexity index is 370. The lowest BCUT2D eigenvalue weighted by atomic mass is 10.1. The third-order valence-electron chi connectivity index (χ3n) is 3.36. The Morgan fingerprint density at radius 2 is 1.79 bits per heavy atom. The average Bonchev–Trinajstić information content (AvgIpc) is 2.43. The fraction of sp³-hybridized carbons (Fsp3) is 0.533. The lowest BCUT2D eigenvalue weighted by Gasteiger charge is -2.31. The molecule has 0 fully saturated rings.